The van der Waals surface area contributed by atoms with Crippen LogP contribution < -0.4 is 0 Å². The van der Waals surface area contributed by atoms with Crippen LogP contribution in [0.5, 0.6) is 0 Å². The van der Waals surface area contributed by atoms with E-state index in [1.807, 2.05) is 12.1 Å². The maximum absolute atomic E-state index is 12.1. The van der Waals surface area contributed by atoms with Crippen LogP contribution in [0.15, 0.2) is 24.3 Å². The van der Waals surface area contributed by atoms with Gasteiger partial charge in [-0.2, -0.15) is 0 Å². The van der Waals surface area contributed by atoms with Crippen LogP contribution in [0.3, 0.4) is 0 Å². The van der Waals surface area contributed by atoms with Crippen LogP contribution in [0.2, 0.25) is 5.02 Å². The first kappa shape index (κ1) is 14.5. The number of hydrogen-bond donors (Lipinski definition) is 0. The van der Waals surface area contributed by atoms with Crippen LogP contribution in [0, 0.1) is 5.92 Å². The Bertz CT molecular complexity index is 429. The number of nitrogens with zero attached hydrogens (tertiary/aromatic N) is 1. The number of likely N-dealkylation sites (tertiary alicyclic amines) is 1. The first-order chi connectivity index (χ1) is 9.06. The SMILES string of the molecule is CC1CCN(CCC(=O)c2ccc(Cl)cc2)C(C)C1. The van der Waals surface area contributed by atoms with Gasteiger partial charge in [0, 0.05) is 29.6 Å². The summed E-state index contributed by atoms with van der Waals surface area (Å²) in [7, 11) is 0. The zero-order valence-electron chi connectivity index (χ0n) is 11.7. The fourth-order valence-corrected chi connectivity index (χ4v) is 2.94. The molecule has 19 heavy (non-hydrogen) atoms. The number of benzene rings is 1. The molecule has 2 unspecified atom stereocenters. The quantitative estimate of drug-likeness (QED) is 0.776. The Hall–Kier alpha value is -0.860. The summed E-state index contributed by atoms with van der Waals surface area (Å²) in [6.07, 6.45) is 3.09. The predicted octanol–water partition coefficient (Wildman–Crippen LogP) is 4.03. The van der Waals surface area contributed by atoms with Gasteiger partial charge in [0.05, 0.1) is 0 Å². The third kappa shape index (κ3) is 4.05. The van der Waals surface area contributed by atoms with E-state index in [2.05, 4.69) is 18.7 Å². The number of rotatable bonds is 4. The minimum Gasteiger partial charge on any atom is -0.300 e. The molecule has 1 saturated heterocycles. The Morgan fingerprint density at radius 1 is 1.32 bits per heavy atom. The molecule has 0 radical (unpaired) electrons. The number of carbonyl (C=O) groups excluding carboxylic acids is 1. The normalized spacial score (nSPS) is 24.4. The maximum atomic E-state index is 12.1. The Kier molecular flexibility index (Phi) is 5.00. The zero-order chi connectivity index (χ0) is 13.8. The van der Waals surface area contributed by atoms with Crippen molar-refractivity contribution in [3.8, 4) is 0 Å². The van der Waals surface area contributed by atoms with Gasteiger partial charge in [-0.3, -0.25) is 4.79 Å². The van der Waals surface area contributed by atoms with Gasteiger partial charge >= 0.3 is 0 Å². The average molecular weight is 280 g/mol. The lowest BCUT2D eigenvalue weighted by atomic mass is 9.93. The van der Waals surface area contributed by atoms with Gasteiger partial charge < -0.3 is 4.90 Å². The van der Waals surface area contributed by atoms with Crippen molar-refractivity contribution in [2.45, 2.75) is 39.2 Å². The molecule has 0 saturated carbocycles. The van der Waals surface area contributed by atoms with Crippen molar-refractivity contribution < 1.29 is 4.79 Å². The lowest BCUT2D eigenvalue weighted by molar-refractivity contribution is 0.0910. The van der Waals surface area contributed by atoms with Gasteiger partial charge in [-0.05, 0) is 56.5 Å². The van der Waals surface area contributed by atoms with E-state index >= 15 is 0 Å². The second-order valence-corrected chi connectivity index (χ2v) is 6.13. The number of carbonyl (C=O) groups is 1. The summed E-state index contributed by atoms with van der Waals surface area (Å²) >= 11 is 5.83. The highest BCUT2D eigenvalue weighted by Gasteiger charge is 2.22. The Labute approximate surface area is 120 Å². The van der Waals surface area contributed by atoms with E-state index in [1.165, 1.54) is 12.8 Å². The van der Waals surface area contributed by atoms with E-state index in [-0.39, 0.29) is 5.78 Å². The van der Waals surface area contributed by atoms with Crippen molar-refractivity contribution in [1.29, 1.82) is 0 Å². The molecule has 0 aromatic heterocycles. The molecule has 2 atom stereocenters. The van der Waals surface area contributed by atoms with E-state index < -0.39 is 0 Å². The summed E-state index contributed by atoms with van der Waals surface area (Å²) in [6.45, 7) is 6.57. The molecule has 0 N–H and O–H groups in total. The Morgan fingerprint density at radius 3 is 2.63 bits per heavy atom. The molecule has 104 valence electrons. The fraction of sp³-hybridized carbons (Fsp3) is 0.562. The first-order valence-corrected chi connectivity index (χ1v) is 7.47. The molecule has 1 aromatic rings. The largest absolute Gasteiger partial charge is 0.300 e. The highest BCUT2D eigenvalue weighted by molar-refractivity contribution is 6.30. The third-order valence-corrected chi connectivity index (χ3v) is 4.32. The molecule has 1 aliphatic heterocycles. The van der Waals surface area contributed by atoms with Gasteiger partial charge in [0.15, 0.2) is 5.78 Å². The second kappa shape index (κ2) is 6.53. The van der Waals surface area contributed by atoms with Crippen molar-refractivity contribution in [1.82, 2.24) is 4.90 Å². The number of halogens is 1. The summed E-state index contributed by atoms with van der Waals surface area (Å²) < 4.78 is 0. The van der Waals surface area contributed by atoms with E-state index in [0.717, 1.165) is 24.6 Å². The lowest BCUT2D eigenvalue weighted by Gasteiger charge is -2.36. The lowest BCUT2D eigenvalue weighted by Crippen LogP contribution is -2.41. The van der Waals surface area contributed by atoms with Gasteiger partial charge in [-0.15, -0.1) is 0 Å². The minimum absolute atomic E-state index is 0.211. The van der Waals surface area contributed by atoms with Crippen LogP contribution in [0.25, 0.3) is 0 Å². The van der Waals surface area contributed by atoms with E-state index in [4.69, 9.17) is 11.6 Å². The van der Waals surface area contributed by atoms with Gasteiger partial charge in [0.2, 0.25) is 0 Å². The van der Waals surface area contributed by atoms with Gasteiger partial charge in [-0.25, -0.2) is 0 Å². The van der Waals surface area contributed by atoms with E-state index in [9.17, 15) is 4.79 Å². The minimum atomic E-state index is 0.211. The Morgan fingerprint density at radius 2 is 2.00 bits per heavy atom. The van der Waals surface area contributed by atoms with Crippen molar-refractivity contribution in [2.75, 3.05) is 13.1 Å². The summed E-state index contributed by atoms with van der Waals surface area (Å²) in [5, 5.41) is 0.676. The number of piperidine rings is 1. The average Bonchev–Trinajstić information content (AvgIpc) is 2.38. The molecule has 0 spiro atoms. The van der Waals surface area contributed by atoms with Crippen molar-refractivity contribution in [3.63, 3.8) is 0 Å². The van der Waals surface area contributed by atoms with Crippen molar-refractivity contribution in [3.05, 3.63) is 34.9 Å². The standard InChI is InChI=1S/C16H22ClNO/c1-12-7-9-18(13(2)11-12)10-8-16(19)14-3-5-15(17)6-4-14/h3-6,12-13H,7-11H2,1-2H3. The van der Waals surface area contributed by atoms with Crippen molar-refractivity contribution in [2.24, 2.45) is 5.92 Å². The molecular formula is C16H22ClNO. The van der Waals surface area contributed by atoms with E-state index in [0.29, 0.717) is 17.5 Å². The summed E-state index contributed by atoms with van der Waals surface area (Å²) in [4.78, 5) is 14.5. The number of ketones is 1. The van der Waals surface area contributed by atoms with Gasteiger partial charge in [-0.1, -0.05) is 18.5 Å². The monoisotopic (exact) mass is 279 g/mol. The number of hydrogen-bond acceptors (Lipinski definition) is 2. The van der Waals surface area contributed by atoms with Crippen LogP contribution in [0.1, 0.15) is 43.5 Å². The highest BCUT2D eigenvalue weighted by Crippen LogP contribution is 2.22. The molecule has 2 nitrogen and oxygen atoms in total. The molecule has 1 fully saturated rings. The van der Waals surface area contributed by atoms with Crippen LogP contribution in [-0.2, 0) is 0 Å². The van der Waals surface area contributed by atoms with Gasteiger partial charge in [0.1, 0.15) is 0 Å². The van der Waals surface area contributed by atoms with E-state index in [1.54, 1.807) is 12.1 Å². The highest BCUT2D eigenvalue weighted by atomic mass is 35.5. The molecular weight excluding hydrogens is 258 g/mol. The first-order valence-electron chi connectivity index (χ1n) is 7.09. The predicted molar refractivity (Wildman–Crippen MR) is 79.8 cm³/mol. The topological polar surface area (TPSA) is 20.3 Å². The molecule has 0 aliphatic carbocycles. The zero-order valence-corrected chi connectivity index (χ0v) is 12.5. The third-order valence-electron chi connectivity index (χ3n) is 4.07. The molecule has 2 rings (SSSR count). The molecule has 0 amide bonds. The molecule has 1 aliphatic rings. The fourth-order valence-electron chi connectivity index (χ4n) is 2.81. The molecule has 3 heteroatoms. The van der Waals surface area contributed by atoms with Crippen LogP contribution in [-0.4, -0.2) is 29.8 Å². The maximum Gasteiger partial charge on any atom is 0.164 e. The summed E-state index contributed by atoms with van der Waals surface area (Å²) in [5.74, 6) is 1.03. The number of Topliss-reactive ketones (excluding diaryl/α,β-unsaturated/α-hetero) is 1. The Balaban J connectivity index is 1.85. The van der Waals surface area contributed by atoms with Crippen LogP contribution >= 0.6 is 11.6 Å². The summed E-state index contributed by atoms with van der Waals surface area (Å²) in [6, 6.07) is 7.78. The van der Waals surface area contributed by atoms with Crippen molar-refractivity contribution >= 4 is 17.4 Å². The second-order valence-electron chi connectivity index (χ2n) is 5.69. The van der Waals surface area contributed by atoms with Gasteiger partial charge in [0.25, 0.3) is 0 Å². The van der Waals surface area contributed by atoms with Crippen LogP contribution in [0.4, 0.5) is 0 Å². The summed E-state index contributed by atoms with van der Waals surface area (Å²) in [5.41, 5.74) is 0.766. The molecule has 1 heterocycles. The molecule has 0 bridgehead atoms. The molecule has 1 aromatic carbocycles. The smallest absolute Gasteiger partial charge is 0.164 e.